The summed E-state index contributed by atoms with van der Waals surface area (Å²) in [5.74, 6) is -0.831. The van der Waals surface area contributed by atoms with Gasteiger partial charge in [-0.3, -0.25) is 4.79 Å². The minimum Gasteiger partial charge on any atom is -0.322 e. The average molecular weight is 347 g/mol. The molecule has 25 heavy (non-hydrogen) atoms. The zero-order valence-corrected chi connectivity index (χ0v) is 12.9. The van der Waals surface area contributed by atoms with Crippen molar-refractivity contribution in [1.82, 2.24) is 20.2 Å². The van der Waals surface area contributed by atoms with Gasteiger partial charge < -0.3 is 5.32 Å². The van der Waals surface area contributed by atoms with Crippen LogP contribution in [0.4, 0.5) is 18.9 Å². The molecule has 0 bridgehead atoms. The van der Waals surface area contributed by atoms with Gasteiger partial charge in [0.05, 0.1) is 16.8 Å². The summed E-state index contributed by atoms with van der Waals surface area (Å²) in [5.41, 5.74) is 0.399. The van der Waals surface area contributed by atoms with E-state index in [4.69, 9.17) is 0 Å². The van der Waals surface area contributed by atoms with Crippen molar-refractivity contribution in [2.75, 3.05) is 5.32 Å². The summed E-state index contributed by atoms with van der Waals surface area (Å²) in [6.07, 6.45) is -3.19. The molecule has 3 rings (SSSR count). The van der Waals surface area contributed by atoms with Gasteiger partial charge in [0.2, 0.25) is 0 Å². The van der Waals surface area contributed by atoms with Gasteiger partial charge in [-0.15, -0.1) is 5.10 Å². The van der Waals surface area contributed by atoms with Gasteiger partial charge in [-0.05, 0) is 53.2 Å². The van der Waals surface area contributed by atoms with Crippen molar-refractivity contribution in [2.45, 2.75) is 13.1 Å². The predicted octanol–water partition coefficient (Wildman–Crippen LogP) is 3.24. The Labute approximate surface area is 140 Å². The third kappa shape index (κ3) is 3.49. The Morgan fingerprint density at radius 3 is 2.56 bits per heavy atom. The second kappa shape index (κ2) is 6.34. The van der Waals surface area contributed by atoms with E-state index in [9.17, 15) is 18.0 Å². The summed E-state index contributed by atoms with van der Waals surface area (Å²) in [6, 6.07) is 9.50. The van der Waals surface area contributed by atoms with Crippen molar-refractivity contribution in [1.29, 1.82) is 0 Å². The molecule has 3 aromatic rings. The lowest BCUT2D eigenvalue weighted by atomic mass is 10.1. The molecular formula is C16H12F3N5O. The number of halogens is 3. The van der Waals surface area contributed by atoms with Gasteiger partial charge in [-0.25, -0.2) is 4.68 Å². The fraction of sp³-hybridized carbons (Fsp3) is 0.125. The van der Waals surface area contributed by atoms with Gasteiger partial charge in [-0.2, -0.15) is 13.2 Å². The molecule has 0 saturated heterocycles. The Hall–Kier alpha value is -3.23. The minimum atomic E-state index is -4.60. The lowest BCUT2D eigenvalue weighted by Gasteiger charge is -2.13. The highest BCUT2D eigenvalue weighted by Crippen LogP contribution is 2.32. The molecule has 0 saturated carbocycles. The first-order chi connectivity index (χ1) is 11.9. The fourth-order valence-corrected chi connectivity index (χ4v) is 2.39. The third-order valence-electron chi connectivity index (χ3n) is 3.53. The molecule has 0 unspecified atom stereocenters. The highest BCUT2D eigenvalue weighted by Gasteiger charge is 2.34. The molecule has 9 heteroatoms. The smallest absolute Gasteiger partial charge is 0.322 e. The molecule has 2 aromatic carbocycles. The standard InChI is InChI=1S/C16H12F3N5O/c1-10-8-11(6-7-14(10)24-9-20-22-23-24)21-15(25)12-4-2-3-5-13(12)16(17,18)19/h2-9H,1H3,(H,21,25). The van der Waals surface area contributed by atoms with Crippen molar-refractivity contribution in [3.8, 4) is 5.69 Å². The number of rotatable bonds is 3. The maximum absolute atomic E-state index is 13.0. The van der Waals surface area contributed by atoms with Crippen LogP contribution in [-0.4, -0.2) is 26.1 Å². The Morgan fingerprint density at radius 2 is 1.92 bits per heavy atom. The van der Waals surface area contributed by atoms with E-state index in [0.29, 0.717) is 11.4 Å². The maximum Gasteiger partial charge on any atom is 0.417 e. The first kappa shape index (κ1) is 16.6. The van der Waals surface area contributed by atoms with Crippen LogP contribution in [-0.2, 0) is 6.18 Å². The van der Waals surface area contributed by atoms with Crippen molar-refractivity contribution in [3.05, 3.63) is 65.5 Å². The van der Waals surface area contributed by atoms with Crippen LogP contribution in [0, 0.1) is 6.92 Å². The van der Waals surface area contributed by atoms with E-state index in [1.807, 2.05) is 0 Å². The first-order valence-electron chi connectivity index (χ1n) is 7.18. The number of tetrazole rings is 1. The molecular weight excluding hydrogens is 335 g/mol. The van der Waals surface area contributed by atoms with E-state index in [2.05, 4.69) is 20.8 Å². The fourth-order valence-electron chi connectivity index (χ4n) is 2.39. The Kier molecular flexibility index (Phi) is 4.22. The SMILES string of the molecule is Cc1cc(NC(=O)c2ccccc2C(F)(F)F)ccc1-n1cnnn1. The third-order valence-corrected chi connectivity index (χ3v) is 3.53. The molecule has 6 nitrogen and oxygen atoms in total. The van der Waals surface area contributed by atoms with Crippen LogP contribution in [0.3, 0.4) is 0 Å². The molecule has 1 amide bonds. The number of benzene rings is 2. The zero-order chi connectivity index (χ0) is 18.0. The number of hydrogen-bond donors (Lipinski definition) is 1. The summed E-state index contributed by atoms with van der Waals surface area (Å²) in [4.78, 5) is 12.3. The summed E-state index contributed by atoms with van der Waals surface area (Å²) >= 11 is 0. The Bertz CT molecular complexity index is 906. The van der Waals surface area contributed by atoms with Crippen LogP contribution in [0.5, 0.6) is 0 Å². The number of nitrogens with one attached hydrogen (secondary N) is 1. The topological polar surface area (TPSA) is 72.7 Å². The number of hydrogen-bond acceptors (Lipinski definition) is 4. The molecule has 1 heterocycles. The number of amides is 1. The molecule has 0 aliphatic rings. The summed E-state index contributed by atoms with van der Waals surface area (Å²) < 4.78 is 40.5. The summed E-state index contributed by atoms with van der Waals surface area (Å²) in [7, 11) is 0. The van der Waals surface area contributed by atoms with Crippen LogP contribution in [0.15, 0.2) is 48.8 Å². The van der Waals surface area contributed by atoms with Gasteiger partial charge in [0, 0.05) is 5.69 Å². The second-order valence-corrected chi connectivity index (χ2v) is 5.25. The van der Waals surface area contributed by atoms with Gasteiger partial charge in [0.1, 0.15) is 6.33 Å². The average Bonchev–Trinajstić information content (AvgIpc) is 3.08. The van der Waals surface area contributed by atoms with Crippen molar-refractivity contribution in [2.24, 2.45) is 0 Å². The van der Waals surface area contributed by atoms with E-state index >= 15 is 0 Å². The Balaban J connectivity index is 1.86. The van der Waals surface area contributed by atoms with Crippen LogP contribution in [0.1, 0.15) is 21.5 Å². The quantitative estimate of drug-likeness (QED) is 0.789. The largest absolute Gasteiger partial charge is 0.417 e. The van der Waals surface area contributed by atoms with E-state index < -0.39 is 23.2 Å². The monoisotopic (exact) mass is 347 g/mol. The molecule has 0 aliphatic carbocycles. The van der Waals surface area contributed by atoms with Crippen LogP contribution >= 0.6 is 0 Å². The summed E-state index contributed by atoms with van der Waals surface area (Å²) in [5, 5.41) is 13.3. The number of carbonyl (C=O) groups is 1. The van der Waals surface area contributed by atoms with Gasteiger partial charge >= 0.3 is 6.18 Å². The number of carbonyl (C=O) groups excluding carboxylic acids is 1. The molecule has 1 N–H and O–H groups in total. The van der Waals surface area contributed by atoms with Crippen LogP contribution in [0.2, 0.25) is 0 Å². The highest BCUT2D eigenvalue weighted by molar-refractivity contribution is 6.05. The molecule has 0 radical (unpaired) electrons. The van der Waals surface area contributed by atoms with Crippen molar-refractivity contribution >= 4 is 11.6 Å². The number of alkyl halides is 3. The van der Waals surface area contributed by atoms with Gasteiger partial charge in [0.25, 0.3) is 5.91 Å². The zero-order valence-electron chi connectivity index (χ0n) is 12.9. The normalized spacial score (nSPS) is 11.4. The molecule has 1 aromatic heterocycles. The summed E-state index contributed by atoms with van der Waals surface area (Å²) in [6.45, 7) is 1.77. The van der Waals surface area contributed by atoms with Crippen LogP contribution < -0.4 is 5.32 Å². The number of aryl methyl sites for hydroxylation is 1. The molecule has 0 atom stereocenters. The van der Waals surface area contributed by atoms with Gasteiger partial charge in [0.15, 0.2) is 0 Å². The number of aromatic nitrogens is 4. The highest BCUT2D eigenvalue weighted by atomic mass is 19.4. The van der Waals surface area contributed by atoms with E-state index in [1.165, 1.54) is 23.1 Å². The maximum atomic E-state index is 13.0. The lowest BCUT2D eigenvalue weighted by Crippen LogP contribution is -2.18. The molecule has 0 fully saturated rings. The van der Waals surface area contributed by atoms with Crippen molar-refractivity contribution in [3.63, 3.8) is 0 Å². The molecule has 128 valence electrons. The lowest BCUT2D eigenvalue weighted by molar-refractivity contribution is -0.137. The Morgan fingerprint density at radius 1 is 1.16 bits per heavy atom. The van der Waals surface area contributed by atoms with E-state index in [0.717, 1.165) is 17.7 Å². The minimum absolute atomic E-state index is 0.372. The number of anilines is 1. The number of nitrogens with zero attached hydrogens (tertiary/aromatic N) is 4. The van der Waals surface area contributed by atoms with E-state index in [-0.39, 0.29) is 0 Å². The van der Waals surface area contributed by atoms with Crippen LogP contribution in [0.25, 0.3) is 5.69 Å². The predicted molar refractivity (Wildman–Crippen MR) is 83.3 cm³/mol. The molecule has 0 spiro atoms. The van der Waals surface area contributed by atoms with Gasteiger partial charge in [-0.1, -0.05) is 12.1 Å². The first-order valence-corrected chi connectivity index (χ1v) is 7.18. The van der Waals surface area contributed by atoms with E-state index in [1.54, 1.807) is 25.1 Å². The molecule has 0 aliphatic heterocycles. The second-order valence-electron chi connectivity index (χ2n) is 5.25. The van der Waals surface area contributed by atoms with Crippen molar-refractivity contribution < 1.29 is 18.0 Å².